The van der Waals surface area contributed by atoms with Gasteiger partial charge in [-0.05, 0) is 12.8 Å². The summed E-state index contributed by atoms with van der Waals surface area (Å²) < 4.78 is 13.4. The lowest BCUT2D eigenvalue weighted by atomic mass is 10.5. The molecule has 0 saturated carbocycles. The second-order valence-electron chi connectivity index (χ2n) is 5.99. The molecule has 0 amide bonds. The van der Waals surface area contributed by atoms with Gasteiger partial charge in [0.2, 0.25) is 0 Å². The third kappa shape index (κ3) is 2.81. The summed E-state index contributed by atoms with van der Waals surface area (Å²) >= 11 is 0. The first-order valence-electron chi connectivity index (χ1n) is 6.25. The van der Waals surface area contributed by atoms with E-state index in [-0.39, 0.29) is 0 Å². The van der Waals surface area contributed by atoms with Crippen LogP contribution in [0.2, 0.25) is 19.6 Å². The Labute approximate surface area is 105 Å². The molecule has 0 atom stereocenters. The first-order valence-corrected chi connectivity index (χ1v) is 11.9. The second-order valence-corrected chi connectivity index (χ2v) is 14.9. The predicted molar refractivity (Wildman–Crippen MR) is 79.5 cm³/mol. The van der Waals surface area contributed by atoms with Gasteiger partial charge in [-0.15, -0.1) is 0 Å². The predicted octanol–water partition coefficient (Wildman–Crippen LogP) is 4.91. The standard InChI is InChI=1S/C14H21OPSi/c1-17(2,3)12-16(15,13-8-4-5-9-13)14-10-6-7-11-14/h4,6,8-11H,5,7,12H2,1-3H3. The lowest BCUT2D eigenvalue weighted by molar-refractivity contribution is 0.586. The summed E-state index contributed by atoms with van der Waals surface area (Å²) in [6.07, 6.45) is 14.6. The van der Waals surface area contributed by atoms with Crippen molar-refractivity contribution in [1.82, 2.24) is 0 Å². The minimum atomic E-state index is -2.33. The van der Waals surface area contributed by atoms with Crippen LogP contribution < -0.4 is 0 Å². The van der Waals surface area contributed by atoms with E-state index in [0.717, 1.165) is 29.3 Å². The maximum absolute atomic E-state index is 13.4. The lowest BCUT2D eigenvalue weighted by Gasteiger charge is -2.26. The SMILES string of the molecule is C[Si](C)(C)CP(=O)(C1=CCC=C1)C1=CCC=C1. The van der Waals surface area contributed by atoms with Gasteiger partial charge in [0.25, 0.3) is 0 Å². The molecule has 0 spiro atoms. The Morgan fingerprint density at radius 1 is 1.06 bits per heavy atom. The van der Waals surface area contributed by atoms with Crippen molar-refractivity contribution in [1.29, 1.82) is 0 Å². The van der Waals surface area contributed by atoms with Crippen molar-refractivity contribution in [3.05, 3.63) is 47.1 Å². The van der Waals surface area contributed by atoms with E-state index in [2.05, 4.69) is 56.1 Å². The molecule has 2 aliphatic rings. The van der Waals surface area contributed by atoms with Gasteiger partial charge in [-0.1, -0.05) is 56.1 Å². The first kappa shape index (κ1) is 12.9. The van der Waals surface area contributed by atoms with Gasteiger partial charge in [-0.25, -0.2) is 0 Å². The Bertz CT molecular complexity index is 441. The molecule has 0 N–H and O–H groups in total. The molecule has 0 fully saturated rings. The molecular formula is C14H21OPSi. The van der Waals surface area contributed by atoms with Crippen LogP contribution >= 0.6 is 7.14 Å². The summed E-state index contributed by atoms with van der Waals surface area (Å²) in [5.41, 5.74) is 0. The molecule has 0 aromatic heterocycles. The van der Waals surface area contributed by atoms with Crippen molar-refractivity contribution in [2.75, 3.05) is 5.79 Å². The number of hydrogen-bond acceptors (Lipinski definition) is 1. The van der Waals surface area contributed by atoms with E-state index < -0.39 is 15.2 Å². The van der Waals surface area contributed by atoms with Crippen LogP contribution in [0.5, 0.6) is 0 Å². The third-order valence-electron chi connectivity index (χ3n) is 3.03. The molecule has 92 valence electrons. The van der Waals surface area contributed by atoms with Gasteiger partial charge in [0, 0.05) is 16.4 Å². The zero-order chi connectivity index (χ0) is 12.5. The van der Waals surface area contributed by atoms with E-state index in [1.807, 2.05) is 0 Å². The maximum atomic E-state index is 13.4. The van der Waals surface area contributed by atoms with Crippen molar-refractivity contribution in [2.45, 2.75) is 32.5 Å². The molecule has 2 rings (SSSR count). The van der Waals surface area contributed by atoms with Crippen LogP contribution in [0.1, 0.15) is 12.8 Å². The van der Waals surface area contributed by atoms with Crippen molar-refractivity contribution in [3.63, 3.8) is 0 Å². The summed E-state index contributed by atoms with van der Waals surface area (Å²) in [7, 11) is -3.67. The summed E-state index contributed by atoms with van der Waals surface area (Å²) in [6, 6.07) is 0. The minimum absolute atomic E-state index is 0.895. The van der Waals surface area contributed by atoms with Crippen LogP contribution in [-0.4, -0.2) is 13.9 Å². The van der Waals surface area contributed by atoms with Crippen LogP contribution in [0.25, 0.3) is 0 Å². The largest absolute Gasteiger partial charge is 0.314 e. The maximum Gasteiger partial charge on any atom is 0.140 e. The molecule has 0 unspecified atom stereocenters. The molecular weight excluding hydrogens is 243 g/mol. The van der Waals surface area contributed by atoms with Gasteiger partial charge in [0.15, 0.2) is 0 Å². The van der Waals surface area contributed by atoms with Gasteiger partial charge in [-0.3, -0.25) is 0 Å². The quantitative estimate of drug-likeness (QED) is 0.520. The zero-order valence-corrected chi connectivity index (χ0v) is 12.8. The Morgan fingerprint density at radius 2 is 1.53 bits per heavy atom. The Balaban J connectivity index is 2.39. The number of allylic oxidation sites excluding steroid dienone is 8. The molecule has 17 heavy (non-hydrogen) atoms. The summed E-state index contributed by atoms with van der Waals surface area (Å²) in [5, 5.41) is 2.19. The highest BCUT2D eigenvalue weighted by atomic mass is 31.2. The molecule has 0 aromatic carbocycles. The molecule has 1 nitrogen and oxygen atoms in total. The normalized spacial score (nSPS) is 19.7. The highest BCUT2D eigenvalue weighted by Gasteiger charge is 2.35. The van der Waals surface area contributed by atoms with Crippen LogP contribution in [0.4, 0.5) is 0 Å². The van der Waals surface area contributed by atoms with E-state index in [1.54, 1.807) is 0 Å². The molecule has 0 bridgehead atoms. The van der Waals surface area contributed by atoms with E-state index in [0.29, 0.717) is 0 Å². The van der Waals surface area contributed by atoms with Crippen LogP contribution in [-0.2, 0) is 4.57 Å². The van der Waals surface area contributed by atoms with Crippen LogP contribution in [0.15, 0.2) is 47.1 Å². The Kier molecular flexibility index (Phi) is 3.47. The van der Waals surface area contributed by atoms with Crippen molar-refractivity contribution < 1.29 is 4.57 Å². The number of hydrogen-bond donors (Lipinski definition) is 0. The number of rotatable bonds is 4. The molecule has 0 radical (unpaired) electrons. The highest BCUT2D eigenvalue weighted by molar-refractivity contribution is 7.75. The van der Waals surface area contributed by atoms with E-state index in [4.69, 9.17) is 0 Å². The molecule has 2 aliphatic carbocycles. The summed E-state index contributed by atoms with van der Waals surface area (Å²) in [4.78, 5) is 0. The molecule has 0 saturated heterocycles. The first-order chi connectivity index (χ1) is 7.92. The van der Waals surface area contributed by atoms with Crippen molar-refractivity contribution in [3.8, 4) is 0 Å². The third-order valence-corrected chi connectivity index (χ3v) is 10.9. The van der Waals surface area contributed by atoms with Gasteiger partial charge in [0.05, 0.1) is 8.07 Å². The fourth-order valence-corrected chi connectivity index (χ4v) is 11.0. The topological polar surface area (TPSA) is 17.1 Å². The molecule has 0 aromatic rings. The smallest absolute Gasteiger partial charge is 0.140 e. The summed E-state index contributed by atoms with van der Waals surface area (Å²) in [6.45, 7) is 6.91. The zero-order valence-electron chi connectivity index (χ0n) is 10.9. The molecule has 0 heterocycles. The van der Waals surface area contributed by atoms with Crippen molar-refractivity contribution in [2.24, 2.45) is 0 Å². The van der Waals surface area contributed by atoms with Gasteiger partial charge in [-0.2, -0.15) is 0 Å². The van der Waals surface area contributed by atoms with Crippen LogP contribution in [0, 0.1) is 0 Å². The lowest BCUT2D eigenvalue weighted by Crippen LogP contribution is -2.26. The van der Waals surface area contributed by atoms with Gasteiger partial charge >= 0.3 is 0 Å². The average Bonchev–Trinajstić information content (AvgIpc) is 2.89. The molecule has 0 aliphatic heterocycles. The summed E-state index contributed by atoms with van der Waals surface area (Å²) in [5.74, 6) is 0.895. The Hall–Kier alpha value is -0.593. The van der Waals surface area contributed by atoms with E-state index >= 15 is 0 Å². The van der Waals surface area contributed by atoms with E-state index in [9.17, 15) is 4.57 Å². The monoisotopic (exact) mass is 264 g/mol. The minimum Gasteiger partial charge on any atom is -0.314 e. The second kappa shape index (κ2) is 4.59. The fourth-order valence-electron chi connectivity index (χ4n) is 2.43. The van der Waals surface area contributed by atoms with E-state index in [1.165, 1.54) is 0 Å². The van der Waals surface area contributed by atoms with Crippen molar-refractivity contribution >= 4 is 15.2 Å². The van der Waals surface area contributed by atoms with Gasteiger partial charge in [0.1, 0.15) is 7.14 Å². The molecule has 3 heteroatoms. The van der Waals surface area contributed by atoms with Crippen LogP contribution in [0.3, 0.4) is 0 Å². The fraction of sp³-hybridized carbons (Fsp3) is 0.429. The van der Waals surface area contributed by atoms with Gasteiger partial charge < -0.3 is 4.57 Å². The highest BCUT2D eigenvalue weighted by Crippen LogP contribution is 2.64. The average molecular weight is 264 g/mol. The Morgan fingerprint density at radius 3 is 1.82 bits per heavy atom.